The minimum Gasteiger partial charge on any atom is -0.495 e. The van der Waals surface area contributed by atoms with Crippen molar-refractivity contribution in [1.29, 1.82) is 0 Å². The molecule has 0 aliphatic heterocycles. The number of nitrogens with one attached hydrogen (secondary N) is 1. The van der Waals surface area contributed by atoms with Crippen LogP contribution in [-0.4, -0.2) is 62.6 Å². The van der Waals surface area contributed by atoms with Gasteiger partial charge in [-0.25, -0.2) is 8.42 Å². The number of ether oxygens (including phenoxy) is 1. The number of amides is 2. The van der Waals surface area contributed by atoms with Gasteiger partial charge in [-0.1, -0.05) is 30.7 Å². The van der Waals surface area contributed by atoms with Crippen LogP contribution in [0.1, 0.15) is 25.8 Å². The highest BCUT2D eigenvalue weighted by Crippen LogP contribution is 2.33. The summed E-state index contributed by atoms with van der Waals surface area (Å²) in [5, 5.41) is 14.5. The van der Waals surface area contributed by atoms with Gasteiger partial charge in [-0.05, 0) is 37.1 Å². The number of non-ortho nitro benzene ring substituents is 1. The molecule has 36 heavy (non-hydrogen) atoms. The number of carbonyl (C=O) groups excluding carboxylic acids is 2. The Morgan fingerprint density at radius 2 is 1.83 bits per heavy atom. The number of hydrogen-bond donors (Lipinski definition) is 1. The highest BCUT2D eigenvalue weighted by atomic mass is 35.5. The number of anilines is 1. The number of methoxy groups -OCH3 is 1. The summed E-state index contributed by atoms with van der Waals surface area (Å²) >= 11 is 5.95. The summed E-state index contributed by atoms with van der Waals surface area (Å²) in [6, 6.07) is 9.16. The van der Waals surface area contributed by atoms with Gasteiger partial charge in [-0.15, -0.1) is 0 Å². The monoisotopic (exact) mass is 540 g/mol. The number of nitro benzene ring substituents is 1. The quantitative estimate of drug-likeness (QED) is 0.322. The van der Waals surface area contributed by atoms with E-state index in [1.165, 1.54) is 25.0 Å². The Bertz CT molecular complexity index is 1210. The lowest BCUT2D eigenvalue weighted by Gasteiger charge is -2.31. The van der Waals surface area contributed by atoms with E-state index in [1.54, 1.807) is 24.3 Å². The van der Waals surface area contributed by atoms with Crippen molar-refractivity contribution in [3.8, 4) is 5.75 Å². The molecule has 2 amide bonds. The molecule has 0 bridgehead atoms. The topological polar surface area (TPSA) is 139 Å². The molecule has 0 spiro atoms. The van der Waals surface area contributed by atoms with E-state index in [2.05, 4.69) is 5.32 Å². The predicted molar refractivity (Wildman–Crippen MR) is 137 cm³/mol. The molecule has 0 saturated carbocycles. The average Bonchev–Trinajstić information content (AvgIpc) is 2.83. The Morgan fingerprint density at radius 3 is 2.36 bits per heavy atom. The van der Waals surface area contributed by atoms with E-state index in [1.807, 2.05) is 6.92 Å². The fraction of sp³-hybridized carbons (Fsp3) is 0.391. The van der Waals surface area contributed by atoms with Crippen molar-refractivity contribution in [2.75, 3.05) is 30.8 Å². The molecular formula is C23H29ClN4O7S. The summed E-state index contributed by atoms with van der Waals surface area (Å²) in [5.41, 5.74) is 0.121. The smallest absolute Gasteiger partial charge is 0.271 e. The van der Waals surface area contributed by atoms with Gasteiger partial charge in [0.25, 0.3) is 5.69 Å². The second kappa shape index (κ2) is 12.5. The van der Waals surface area contributed by atoms with Crippen LogP contribution in [0.2, 0.25) is 5.02 Å². The van der Waals surface area contributed by atoms with Crippen LogP contribution in [0, 0.1) is 10.1 Å². The van der Waals surface area contributed by atoms with Crippen LogP contribution in [0.4, 0.5) is 11.4 Å². The Labute approximate surface area is 215 Å². The van der Waals surface area contributed by atoms with Gasteiger partial charge < -0.3 is 15.0 Å². The molecule has 0 aromatic heterocycles. The maximum Gasteiger partial charge on any atom is 0.271 e. The summed E-state index contributed by atoms with van der Waals surface area (Å²) in [5.74, 6) is -1.07. The van der Waals surface area contributed by atoms with Crippen LogP contribution in [0.25, 0.3) is 0 Å². The molecule has 1 atom stereocenters. The zero-order valence-electron chi connectivity index (χ0n) is 20.4. The summed E-state index contributed by atoms with van der Waals surface area (Å²) in [7, 11) is -2.82. The molecule has 0 aliphatic carbocycles. The molecule has 2 rings (SSSR count). The zero-order valence-corrected chi connectivity index (χ0v) is 22.0. The van der Waals surface area contributed by atoms with E-state index in [0.717, 1.165) is 22.7 Å². The van der Waals surface area contributed by atoms with Gasteiger partial charge in [0.2, 0.25) is 21.8 Å². The lowest BCUT2D eigenvalue weighted by atomic mass is 10.1. The fourth-order valence-corrected chi connectivity index (χ4v) is 4.32. The Balaban J connectivity index is 2.49. The van der Waals surface area contributed by atoms with Crippen molar-refractivity contribution in [3.05, 3.63) is 63.2 Å². The van der Waals surface area contributed by atoms with Crippen molar-refractivity contribution in [2.45, 2.75) is 32.9 Å². The standard InChI is InChI=1S/C23H29ClN4O7S/c1-5-12-25-23(30)16(2)26(14-17-6-8-18(24)9-7-17)22(29)15-27(36(4,33)34)20-13-19(28(31)32)10-11-21(20)35-3/h6-11,13,16H,5,12,14-15H2,1-4H3,(H,25,30). The van der Waals surface area contributed by atoms with Gasteiger partial charge >= 0.3 is 0 Å². The van der Waals surface area contributed by atoms with E-state index in [9.17, 15) is 28.1 Å². The van der Waals surface area contributed by atoms with Gasteiger partial charge in [0, 0.05) is 30.2 Å². The van der Waals surface area contributed by atoms with Crippen molar-refractivity contribution in [2.24, 2.45) is 0 Å². The molecule has 2 aromatic carbocycles. The highest BCUT2D eigenvalue weighted by Gasteiger charge is 2.31. The van der Waals surface area contributed by atoms with Crippen LogP contribution >= 0.6 is 11.6 Å². The Morgan fingerprint density at radius 1 is 1.19 bits per heavy atom. The van der Waals surface area contributed by atoms with E-state index in [0.29, 0.717) is 23.6 Å². The largest absolute Gasteiger partial charge is 0.495 e. The predicted octanol–water partition coefficient (Wildman–Crippen LogP) is 2.97. The summed E-state index contributed by atoms with van der Waals surface area (Å²) < 4.78 is 31.4. The average molecular weight is 541 g/mol. The van der Waals surface area contributed by atoms with Crippen LogP contribution in [0.3, 0.4) is 0 Å². The first-order valence-electron chi connectivity index (χ1n) is 11.0. The Hall–Kier alpha value is -3.38. The maximum absolute atomic E-state index is 13.5. The first-order chi connectivity index (χ1) is 16.9. The highest BCUT2D eigenvalue weighted by molar-refractivity contribution is 7.92. The minimum absolute atomic E-state index is 0.000385. The first kappa shape index (κ1) is 28.9. The molecule has 1 N–H and O–H groups in total. The summed E-state index contributed by atoms with van der Waals surface area (Å²) in [4.78, 5) is 38.1. The lowest BCUT2D eigenvalue weighted by Crippen LogP contribution is -2.51. The van der Waals surface area contributed by atoms with Crippen molar-refractivity contribution >= 4 is 44.8 Å². The van der Waals surface area contributed by atoms with Gasteiger partial charge in [-0.2, -0.15) is 0 Å². The number of carbonyl (C=O) groups is 2. The third-order valence-electron chi connectivity index (χ3n) is 5.30. The Kier molecular flexibility index (Phi) is 10.1. The van der Waals surface area contributed by atoms with Gasteiger partial charge in [-0.3, -0.25) is 24.0 Å². The van der Waals surface area contributed by atoms with Gasteiger partial charge in [0.1, 0.15) is 24.0 Å². The molecule has 2 aromatic rings. The molecule has 0 fully saturated rings. The molecular weight excluding hydrogens is 512 g/mol. The van der Waals surface area contributed by atoms with Crippen molar-refractivity contribution in [1.82, 2.24) is 10.2 Å². The third-order valence-corrected chi connectivity index (χ3v) is 6.68. The maximum atomic E-state index is 13.5. The first-order valence-corrected chi connectivity index (χ1v) is 13.2. The minimum atomic E-state index is -4.09. The van der Waals surface area contributed by atoms with Crippen LogP contribution in [0.5, 0.6) is 5.75 Å². The molecule has 0 aliphatic rings. The van der Waals surface area contributed by atoms with E-state index < -0.39 is 39.3 Å². The molecule has 11 nitrogen and oxygen atoms in total. The summed E-state index contributed by atoms with van der Waals surface area (Å²) in [6.45, 7) is 3.12. The lowest BCUT2D eigenvalue weighted by molar-refractivity contribution is -0.384. The number of halogens is 1. The van der Waals surface area contributed by atoms with E-state index in [4.69, 9.17) is 16.3 Å². The second-order valence-corrected chi connectivity index (χ2v) is 10.3. The van der Waals surface area contributed by atoms with E-state index in [-0.39, 0.29) is 23.7 Å². The number of rotatable bonds is 12. The molecule has 1 unspecified atom stereocenters. The third kappa shape index (κ3) is 7.56. The number of nitro groups is 1. The normalized spacial score (nSPS) is 11.9. The van der Waals surface area contributed by atoms with Crippen LogP contribution in [0.15, 0.2) is 42.5 Å². The number of nitrogens with zero attached hydrogens (tertiary/aromatic N) is 3. The molecule has 0 heterocycles. The van der Waals surface area contributed by atoms with Crippen LogP contribution in [-0.2, 0) is 26.2 Å². The fourth-order valence-electron chi connectivity index (χ4n) is 3.35. The molecule has 0 saturated heterocycles. The second-order valence-electron chi connectivity index (χ2n) is 8.00. The molecule has 0 radical (unpaired) electrons. The number of benzene rings is 2. The van der Waals surface area contributed by atoms with Gasteiger partial charge in [0.05, 0.1) is 18.3 Å². The number of hydrogen-bond acceptors (Lipinski definition) is 7. The van der Waals surface area contributed by atoms with Crippen molar-refractivity contribution < 1.29 is 27.7 Å². The van der Waals surface area contributed by atoms with Crippen molar-refractivity contribution in [3.63, 3.8) is 0 Å². The SMILES string of the molecule is CCCNC(=O)C(C)N(Cc1ccc(Cl)cc1)C(=O)CN(c1cc([N+](=O)[O-])ccc1OC)S(C)(=O)=O. The molecule has 13 heteroatoms. The zero-order chi connectivity index (χ0) is 27.0. The van der Waals surface area contributed by atoms with Crippen LogP contribution < -0.4 is 14.4 Å². The van der Waals surface area contributed by atoms with Gasteiger partial charge in [0.15, 0.2) is 0 Å². The molecule has 196 valence electrons. The summed E-state index contributed by atoms with van der Waals surface area (Å²) in [6.07, 6.45) is 1.57. The van der Waals surface area contributed by atoms with E-state index >= 15 is 0 Å². The number of sulfonamides is 1.